The summed E-state index contributed by atoms with van der Waals surface area (Å²) in [5, 5.41) is 0.958. The predicted octanol–water partition coefficient (Wildman–Crippen LogP) is 2.81. The summed E-state index contributed by atoms with van der Waals surface area (Å²) in [7, 11) is 0. The number of alkyl halides is 1. The lowest BCUT2D eigenvalue weighted by atomic mass is 10.2. The molecule has 0 aromatic carbocycles. The van der Waals surface area contributed by atoms with E-state index < -0.39 is 0 Å². The van der Waals surface area contributed by atoms with E-state index in [1.54, 1.807) is 0 Å². The summed E-state index contributed by atoms with van der Waals surface area (Å²) in [6.45, 7) is 5.05. The number of hydrogen-bond acceptors (Lipinski definition) is 1. The Labute approximate surface area is 71.4 Å². The number of nitrogens with zero attached hydrogens (tertiary/aromatic N) is 1. The highest BCUT2D eigenvalue weighted by molar-refractivity contribution is 9.09. The Morgan fingerprint density at radius 2 is 2.20 bits per heavy atom. The molecule has 58 valence electrons. The van der Waals surface area contributed by atoms with Crippen LogP contribution in [-0.2, 0) is 0 Å². The Balaban J connectivity index is 3.74. The second-order valence-electron chi connectivity index (χ2n) is 1.96. The second-order valence-corrected chi connectivity index (χ2v) is 2.52. The Kier molecular flexibility index (Phi) is 6.93. The molecule has 0 aliphatic heterocycles. The summed E-state index contributed by atoms with van der Waals surface area (Å²) in [5.41, 5.74) is 1.39. The summed E-state index contributed by atoms with van der Waals surface area (Å²) in [4.78, 5) is 4.09. The third-order valence-electron chi connectivity index (χ3n) is 1.22. The Hall–Kier alpha value is -0.110. The van der Waals surface area contributed by atoms with Crippen LogP contribution in [-0.4, -0.2) is 18.1 Å². The van der Waals surface area contributed by atoms with Crippen molar-refractivity contribution in [3.05, 3.63) is 11.6 Å². The molecule has 0 unspecified atom stereocenters. The van der Waals surface area contributed by atoms with E-state index >= 15 is 0 Å². The molecule has 0 radical (unpaired) electrons. The van der Waals surface area contributed by atoms with Gasteiger partial charge < -0.3 is 0 Å². The minimum atomic E-state index is 0.871. The van der Waals surface area contributed by atoms with Crippen LogP contribution in [0.2, 0.25) is 0 Å². The van der Waals surface area contributed by atoms with Gasteiger partial charge in [-0.05, 0) is 19.4 Å². The summed E-state index contributed by atoms with van der Waals surface area (Å²) in [5.74, 6) is 0. The van der Waals surface area contributed by atoms with E-state index in [2.05, 4.69) is 33.9 Å². The Morgan fingerprint density at radius 1 is 1.50 bits per heavy atom. The van der Waals surface area contributed by atoms with Gasteiger partial charge in [0.1, 0.15) is 0 Å². The predicted molar refractivity (Wildman–Crippen MR) is 51.2 cm³/mol. The van der Waals surface area contributed by atoms with Crippen molar-refractivity contribution in [1.82, 2.24) is 0 Å². The van der Waals surface area contributed by atoms with Gasteiger partial charge in [-0.2, -0.15) is 0 Å². The van der Waals surface area contributed by atoms with Gasteiger partial charge in [-0.15, -0.1) is 0 Å². The van der Waals surface area contributed by atoms with Crippen LogP contribution in [0.15, 0.2) is 16.6 Å². The zero-order valence-corrected chi connectivity index (χ0v) is 8.19. The number of allylic oxidation sites excluding steroid dienone is 2. The molecule has 0 heterocycles. The van der Waals surface area contributed by atoms with Crippen molar-refractivity contribution in [2.45, 2.75) is 20.3 Å². The van der Waals surface area contributed by atoms with E-state index in [1.807, 2.05) is 13.1 Å². The Morgan fingerprint density at radius 3 is 2.60 bits per heavy atom. The molecular formula is C8H14BrN. The van der Waals surface area contributed by atoms with Crippen molar-refractivity contribution in [1.29, 1.82) is 0 Å². The molecule has 0 aliphatic rings. The quantitative estimate of drug-likeness (QED) is 0.493. The van der Waals surface area contributed by atoms with Gasteiger partial charge in [0.2, 0.25) is 0 Å². The van der Waals surface area contributed by atoms with Gasteiger partial charge in [0, 0.05) is 18.1 Å². The van der Waals surface area contributed by atoms with Gasteiger partial charge in [-0.25, -0.2) is 0 Å². The molecule has 0 rings (SSSR count). The van der Waals surface area contributed by atoms with Crippen molar-refractivity contribution >= 4 is 22.1 Å². The maximum Gasteiger partial charge on any atom is 0.0360 e. The number of aliphatic imine (C=N–C) groups is 1. The van der Waals surface area contributed by atoms with Crippen molar-refractivity contribution in [3.8, 4) is 0 Å². The molecule has 0 bridgehead atoms. The van der Waals surface area contributed by atoms with E-state index in [0.717, 1.165) is 18.3 Å². The summed E-state index contributed by atoms with van der Waals surface area (Å²) in [6, 6.07) is 0. The van der Waals surface area contributed by atoms with Crippen LogP contribution in [0.25, 0.3) is 0 Å². The van der Waals surface area contributed by atoms with Crippen LogP contribution in [0.3, 0.4) is 0 Å². The van der Waals surface area contributed by atoms with Crippen LogP contribution in [0.1, 0.15) is 20.3 Å². The van der Waals surface area contributed by atoms with E-state index in [9.17, 15) is 0 Å². The fourth-order valence-corrected chi connectivity index (χ4v) is 1.10. The van der Waals surface area contributed by atoms with Gasteiger partial charge >= 0.3 is 0 Å². The van der Waals surface area contributed by atoms with E-state index in [1.165, 1.54) is 5.57 Å². The molecule has 0 amide bonds. The first kappa shape index (κ1) is 9.89. The Bertz CT molecular complexity index is 121. The lowest BCUT2D eigenvalue weighted by Crippen LogP contribution is -1.82. The van der Waals surface area contributed by atoms with Crippen LogP contribution in [0.5, 0.6) is 0 Å². The smallest absolute Gasteiger partial charge is 0.0360 e. The van der Waals surface area contributed by atoms with E-state index in [-0.39, 0.29) is 0 Å². The lowest BCUT2D eigenvalue weighted by molar-refractivity contribution is 1.11. The molecule has 0 fully saturated rings. The largest absolute Gasteiger partial charge is 0.293 e. The molecule has 0 N–H and O–H groups in total. The molecular weight excluding hydrogens is 190 g/mol. The van der Waals surface area contributed by atoms with Crippen molar-refractivity contribution in [3.63, 3.8) is 0 Å². The average molecular weight is 204 g/mol. The van der Waals surface area contributed by atoms with Crippen LogP contribution in [0, 0.1) is 0 Å². The van der Waals surface area contributed by atoms with Gasteiger partial charge in [0.15, 0.2) is 0 Å². The maximum atomic E-state index is 4.09. The molecule has 0 aliphatic carbocycles. The average Bonchev–Trinajstić information content (AvgIpc) is 1.99. The van der Waals surface area contributed by atoms with Crippen molar-refractivity contribution in [2.75, 3.05) is 11.9 Å². The van der Waals surface area contributed by atoms with Crippen LogP contribution >= 0.6 is 15.9 Å². The first-order valence-electron chi connectivity index (χ1n) is 3.59. The van der Waals surface area contributed by atoms with Crippen molar-refractivity contribution in [2.24, 2.45) is 4.99 Å². The number of hydrogen-bond donors (Lipinski definition) is 0. The highest BCUT2D eigenvalue weighted by atomic mass is 79.9. The molecule has 10 heavy (non-hydrogen) atoms. The number of rotatable bonds is 4. The maximum absolute atomic E-state index is 4.09. The minimum absolute atomic E-state index is 0.871. The monoisotopic (exact) mass is 203 g/mol. The molecule has 0 aromatic heterocycles. The third kappa shape index (κ3) is 4.74. The summed E-state index contributed by atoms with van der Waals surface area (Å²) >= 11 is 3.40. The van der Waals surface area contributed by atoms with Crippen LogP contribution in [0.4, 0.5) is 0 Å². The molecule has 2 heteroatoms. The topological polar surface area (TPSA) is 12.4 Å². The lowest BCUT2D eigenvalue weighted by Gasteiger charge is -1.93. The standard InChI is InChI=1S/C8H14BrN/c1-3-8(7-9)5-6-10-4-2/h5-6H,3-4,7H2,1-2H3/b8-5+,10-6-. The molecule has 0 saturated heterocycles. The molecule has 0 saturated carbocycles. The van der Waals surface area contributed by atoms with Gasteiger partial charge in [0.25, 0.3) is 0 Å². The summed E-state index contributed by atoms with van der Waals surface area (Å²) in [6.07, 6.45) is 5.04. The fraction of sp³-hybridized carbons (Fsp3) is 0.625. The van der Waals surface area contributed by atoms with E-state index in [0.29, 0.717) is 0 Å². The first-order chi connectivity index (χ1) is 4.85. The fourth-order valence-electron chi connectivity index (χ4n) is 0.520. The number of halogens is 1. The zero-order valence-electron chi connectivity index (χ0n) is 6.60. The normalized spacial score (nSPS) is 12.9. The van der Waals surface area contributed by atoms with Gasteiger partial charge in [-0.3, -0.25) is 4.99 Å². The van der Waals surface area contributed by atoms with Crippen LogP contribution < -0.4 is 0 Å². The molecule has 1 nitrogen and oxygen atoms in total. The van der Waals surface area contributed by atoms with Gasteiger partial charge in [0.05, 0.1) is 0 Å². The summed E-state index contributed by atoms with van der Waals surface area (Å²) < 4.78 is 0. The molecule has 0 spiro atoms. The molecule has 0 atom stereocenters. The zero-order chi connectivity index (χ0) is 7.82. The first-order valence-corrected chi connectivity index (χ1v) is 4.71. The molecule has 0 aromatic rings. The van der Waals surface area contributed by atoms with E-state index in [4.69, 9.17) is 0 Å². The van der Waals surface area contributed by atoms with Crippen molar-refractivity contribution < 1.29 is 0 Å². The second kappa shape index (κ2) is 7.00. The highest BCUT2D eigenvalue weighted by Crippen LogP contribution is 2.02. The minimum Gasteiger partial charge on any atom is -0.293 e. The SMILES string of the molecule is CC/N=C\C=C(/CC)CBr. The highest BCUT2D eigenvalue weighted by Gasteiger charge is 1.86. The third-order valence-corrected chi connectivity index (χ3v) is 1.94. The van der Waals surface area contributed by atoms with Gasteiger partial charge in [-0.1, -0.05) is 28.4 Å².